The predicted octanol–water partition coefficient (Wildman–Crippen LogP) is 4.13. The van der Waals surface area contributed by atoms with Crippen LogP contribution in [0.4, 0.5) is 5.69 Å². The largest absolute Gasteiger partial charge is 0.345 e. The van der Waals surface area contributed by atoms with Gasteiger partial charge in [0.15, 0.2) is 0 Å². The van der Waals surface area contributed by atoms with Crippen LogP contribution >= 0.6 is 22.7 Å². The van der Waals surface area contributed by atoms with Crippen LogP contribution in [0.2, 0.25) is 0 Å². The number of carbonyl (C=O) groups is 2. The van der Waals surface area contributed by atoms with Crippen LogP contribution in [0.25, 0.3) is 9.88 Å². The first kappa shape index (κ1) is 17.3. The number of thiophene rings is 1. The zero-order chi connectivity index (χ0) is 18.0. The van der Waals surface area contributed by atoms with E-state index in [2.05, 4.69) is 10.3 Å². The van der Waals surface area contributed by atoms with Crippen LogP contribution in [0, 0.1) is 6.92 Å². The Bertz CT molecular complexity index is 914. The molecule has 1 N–H and O–H groups in total. The molecule has 0 spiro atoms. The summed E-state index contributed by atoms with van der Waals surface area (Å²) in [5, 5.41) is 5.68. The molecular formula is C18H17N3O2S2. The Morgan fingerprint density at radius 2 is 1.96 bits per heavy atom. The molecule has 25 heavy (non-hydrogen) atoms. The van der Waals surface area contributed by atoms with Gasteiger partial charge in [-0.1, -0.05) is 12.1 Å². The predicted molar refractivity (Wildman–Crippen MR) is 103 cm³/mol. The lowest BCUT2D eigenvalue weighted by atomic mass is 10.2. The van der Waals surface area contributed by atoms with E-state index in [0.29, 0.717) is 21.8 Å². The van der Waals surface area contributed by atoms with Crippen molar-refractivity contribution in [2.45, 2.75) is 6.92 Å². The Morgan fingerprint density at radius 3 is 2.64 bits per heavy atom. The lowest BCUT2D eigenvalue weighted by Gasteiger charge is -2.11. The number of rotatable bonds is 4. The molecule has 0 saturated heterocycles. The van der Waals surface area contributed by atoms with Crippen molar-refractivity contribution >= 4 is 40.2 Å². The average molecular weight is 371 g/mol. The molecule has 0 fully saturated rings. The van der Waals surface area contributed by atoms with Gasteiger partial charge in [0.25, 0.3) is 11.8 Å². The number of carbonyl (C=O) groups excluding carboxylic acids is 2. The fourth-order valence-corrected chi connectivity index (χ4v) is 4.05. The zero-order valence-electron chi connectivity index (χ0n) is 14.1. The van der Waals surface area contributed by atoms with Crippen molar-refractivity contribution in [3.63, 3.8) is 0 Å². The molecule has 0 radical (unpaired) electrons. The normalized spacial score (nSPS) is 10.5. The smallest absolute Gasteiger partial charge is 0.267 e. The first-order chi connectivity index (χ1) is 12.0. The highest BCUT2D eigenvalue weighted by molar-refractivity contribution is 7.22. The highest BCUT2D eigenvalue weighted by Gasteiger charge is 2.17. The van der Waals surface area contributed by atoms with Gasteiger partial charge in [-0.3, -0.25) is 9.59 Å². The summed E-state index contributed by atoms with van der Waals surface area (Å²) in [7, 11) is 3.39. The van der Waals surface area contributed by atoms with Crippen LogP contribution in [0.1, 0.15) is 25.7 Å². The summed E-state index contributed by atoms with van der Waals surface area (Å²) >= 11 is 2.97. The minimum Gasteiger partial charge on any atom is -0.345 e. The Balaban J connectivity index is 1.81. The standard InChI is InChI=1S/C18H17N3O2S2/c1-11-15(25-17(19-11)14-8-5-9-24-14)16(22)20-13-7-4-6-12(10-13)18(23)21(2)3/h4-10H,1-3H3,(H,20,22). The minimum absolute atomic E-state index is 0.106. The van der Waals surface area contributed by atoms with Crippen molar-refractivity contribution in [1.29, 1.82) is 0 Å². The van der Waals surface area contributed by atoms with Crippen LogP contribution in [-0.4, -0.2) is 35.8 Å². The van der Waals surface area contributed by atoms with Crippen LogP contribution in [0.5, 0.6) is 0 Å². The van der Waals surface area contributed by atoms with Gasteiger partial charge in [0.05, 0.1) is 10.6 Å². The van der Waals surface area contributed by atoms with Crippen LogP contribution < -0.4 is 5.32 Å². The summed E-state index contributed by atoms with van der Waals surface area (Å²) in [5.74, 6) is -0.322. The third kappa shape index (κ3) is 3.78. The molecule has 128 valence electrons. The number of benzene rings is 1. The van der Waals surface area contributed by atoms with Gasteiger partial charge in [-0.2, -0.15) is 0 Å². The molecule has 0 aliphatic heterocycles. The quantitative estimate of drug-likeness (QED) is 0.750. The molecule has 2 aromatic heterocycles. The molecular weight excluding hydrogens is 354 g/mol. The van der Waals surface area contributed by atoms with E-state index in [0.717, 1.165) is 9.88 Å². The van der Waals surface area contributed by atoms with Crippen molar-refractivity contribution in [3.8, 4) is 9.88 Å². The lowest BCUT2D eigenvalue weighted by molar-refractivity contribution is 0.0827. The van der Waals surface area contributed by atoms with Crippen molar-refractivity contribution in [3.05, 3.63) is 57.9 Å². The van der Waals surface area contributed by atoms with Gasteiger partial charge in [0, 0.05) is 25.3 Å². The first-order valence-electron chi connectivity index (χ1n) is 7.60. The SMILES string of the molecule is Cc1nc(-c2cccs2)sc1C(=O)Nc1cccc(C(=O)N(C)C)c1. The Morgan fingerprint density at radius 1 is 1.16 bits per heavy atom. The third-order valence-corrected chi connectivity index (χ3v) is 5.70. The summed E-state index contributed by atoms with van der Waals surface area (Å²) in [6.45, 7) is 1.83. The monoisotopic (exact) mass is 371 g/mol. The van der Waals surface area contributed by atoms with Crippen LogP contribution in [0.15, 0.2) is 41.8 Å². The van der Waals surface area contributed by atoms with E-state index in [1.54, 1.807) is 49.7 Å². The number of aryl methyl sites for hydroxylation is 1. The molecule has 3 rings (SSSR count). The number of hydrogen-bond donors (Lipinski definition) is 1. The molecule has 2 amide bonds. The van der Waals surface area contributed by atoms with Gasteiger partial charge in [-0.25, -0.2) is 4.98 Å². The maximum atomic E-state index is 12.6. The van der Waals surface area contributed by atoms with Crippen molar-refractivity contribution in [2.75, 3.05) is 19.4 Å². The molecule has 0 bridgehead atoms. The minimum atomic E-state index is -0.216. The Kier molecular flexibility index (Phi) is 4.96. The van der Waals surface area contributed by atoms with Crippen molar-refractivity contribution in [2.24, 2.45) is 0 Å². The molecule has 1 aromatic carbocycles. The van der Waals surface area contributed by atoms with E-state index in [1.165, 1.54) is 16.2 Å². The highest BCUT2D eigenvalue weighted by atomic mass is 32.1. The van der Waals surface area contributed by atoms with E-state index in [1.807, 2.05) is 24.4 Å². The number of nitrogens with zero attached hydrogens (tertiary/aromatic N) is 2. The molecule has 0 atom stereocenters. The van der Waals surface area contributed by atoms with E-state index < -0.39 is 0 Å². The fraction of sp³-hybridized carbons (Fsp3) is 0.167. The van der Waals surface area contributed by atoms with E-state index in [4.69, 9.17) is 0 Å². The molecule has 7 heteroatoms. The molecule has 3 aromatic rings. The van der Waals surface area contributed by atoms with Gasteiger partial charge >= 0.3 is 0 Å². The second kappa shape index (κ2) is 7.16. The summed E-state index contributed by atoms with van der Waals surface area (Å²) in [4.78, 5) is 32.3. The van der Waals surface area contributed by atoms with Crippen LogP contribution in [0.3, 0.4) is 0 Å². The zero-order valence-corrected chi connectivity index (χ0v) is 15.7. The number of hydrogen-bond acceptors (Lipinski definition) is 5. The maximum absolute atomic E-state index is 12.6. The molecule has 0 aliphatic carbocycles. The van der Waals surface area contributed by atoms with Crippen LogP contribution in [-0.2, 0) is 0 Å². The number of amides is 2. The summed E-state index contributed by atoms with van der Waals surface area (Å²) < 4.78 is 0. The maximum Gasteiger partial charge on any atom is 0.267 e. The van der Waals surface area contributed by atoms with Crippen molar-refractivity contribution in [1.82, 2.24) is 9.88 Å². The molecule has 0 aliphatic rings. The number of thiazole rings is 1. The van der Waals surface area contributed by atoms with Gasteiger partial charge in [0.2, 0.25) is 0 Å². The fourth-order valence-electron chi connectivity index (χ4n) is 2.29. The highest BCUT2D eigenvalue weighted by Crippen LogP contribution is 2.31. The number of aromatic nitrogens is 1. The molecule has 0 unspecified atom stereocenters. The third-order valence-electron chi connectivity index (χ3n) is 3.51. The Hall–Kier alpha value is -2.51. The average Bonchev–Trinajstić information content (AvgIpc) is 3.23. The van der Waals surface area contributed by atoms with Crippen molar-refractivity contribution < 1.29 is 9.59 Å². The van der Waals surface area contributed by atoms with Gasteiger partial charge in [-0.15, -0.1) is 22.7 Å². The molecule has 5 nitrogen and oxygen atoms in total. The van der Waals surface area contributed by atoms with Gasteiger partial charge in [0.1, 0.15) is 9.88 Å². The summed E-state index contributed by atoms with van der Waals surface area (Å²) in [5.41, 5.74) is 1.82. The molecule has 0 saturated carbocycles. The number of anilines is 1. The van der Waals surface area contributed by atoms with E-state index >= 15 is 0 Å². The molecule has 2 heterocycles. The second-order valence-electron chi connectivity index (χ2n) is 5.65. The summed E-state index contributed by atoms with van der Waals surface area (Å²) in [6.07, 6.45) is 0. The summed E-state index contributed by atoms with van der Waals surface area (Å²) in [6, 6.07) is 10.9. The Labute approximate surface area is 154 Å². The van der Waals surface area contributed by atoms with E-state index in [9.17, 15) is 9.59 Å². The van der Waals surface area contributed by atoms with Gasteiger partial charge in [-0.05, 0) is 36.6 Å². The first-order valence-corrected chi connectivity index (χ1v) is 9.29. The van der Waals surface area contributed by atoms with E-state index in [-0.39, 0.29) is 11.8 Å². The number of nitrogens with one attached hydrogen (secondary N) is 1. The topological polar surface area (TPSA) is 62.3 Å². The van der Waals surface area contributed by atoms with Gasteiger partial charge < -0.3 is 10.2 Å². The second-order valence-corrected chi connectivity index (χ2v) is 7.59. The lowest BCUT2D eigenvalue weighted by Crippen LogP contribution is -2.21.